The maximum absolute atomic E-state index is 5.89. The van der Waals surface area contributed by atoms with Crippen LogP contribution in [0.15, 0.2) is 30.7 Å². The highest BCUT2D eigenvalue weighted by molar-refractivity contribution is 5.35. The van der Waals surface area contributed by atoms with E-state index in [0.29, 0.717) is 12.6 Å². The summed E-state index contributed by atoms with van der Waals surface area (Å²) < 4.78 is 8.13. The Bertz CT molecular complexity index is 555. The van der Waals surface area contributed by atoms with Crippen molar-refractivity contribution >= 4 is 0 Å². The van der Waals surface area contributed by atoms with Crippen LogP contribution in [0, 0.1) is 13.8 Å². The minimum absolute atomic E-state index is 0.598. The lowest BCUT2D eigenvalue weighted by Gasteiger charge is -2.11. The van der Waals surface area contributed by atoms with Crippen LogP contribution in [0.5, 0.6) is 5.75 Å². The van der Waals surface area contributed by atoms with Gasteiger partial charge in [0, 0.05) is 6.04 Å². The molecule has 1 aromatic heterocycles. The molecule has 0 atom stereocenters. The molecule has 0 bridgehead atoms. The summed E-state index contributed by atoms with van der Waals surface area (Å²) in [7, 11) is 0. The van der Waals surface area contributed by atoms with Crippen LogP contribution in [-0.2, 0) is 6.61 Å². The normalized spacial score (nSPS) is 14.8. The second-order valence-corrected chi connectivity index (χ2v) is 5.08. The van der Waals surface area contributed by atoms with E-state index < -0.39 is 0 Å². The first-order valence-corrected chi connectivity index (χ1v) is 6.45. The third kappa shape index (κ3) is 2.26. The monoisotopic (exact) mass is 242 g/mol. The largest absolute Gasteiger partial charge is 0.487 e. The van der Waals surface area contributed by atoms with E-state index >= 15 is 0 Å². The molecule has 3 heteroatoms. The smallest absolute Gasteiger partial charge is 0.130 e. The van der Waals surface area contributed by atoms with Crippen LogP contribution >= 0.6 is 0 Å². The number of ether oxygens (including phenoxy) is 1. The highest BCUT2D eigenvalue weighted by atomic mass is 16.5. The van der Waals surface area contributed by atoms with Gasteiger partial charge in [-0.3, -0.25) is 0 Å². The topological polar surface area (TPSA) is 27.1 Å². The minimum Gasteiger partial charge on any atom is -0.487 e. The summed E-state index contributed by atoms with van der Waals surface area (Å²) in [6.07, 6.45) is 6.36. The molecule has 1 heterocycles. The van der Waals surface area contributed by atoms with E-state index in [1.54, 1.807) is 0 Å². The molecule has 18 heavy (non-hydrogen) atoms. The third-order valence-corrected chi connectivity index (χ3v) is 3.39. The fraction of sp³-hybridized carbons (Fsp3) is 0.400. The Hall–Kier alpha value is -1.77. The predicted octanol–water partition coefficient (Wildman–Crippen LogP) is 3.41. The fourth-order valence-electron chi connectivity index (χ4n) is 2.24. The highest BCUT2D eigenvalue weighted by Gasteiger charge is 2.25. The molecule has 0 amide bonds. The minimum atomic E-state index is 0.598. The van der Waals surface area contributed by atoms with Crippen LogP contribution in [0.1, 0.15) is 35.7 Å². The van der Waals surface area contributed by atoms with E-state index in [2.05, 4.69) is 35.5 Å². The fourth-order valence-corrected chi connectivity index (χ4v) is 2.24. The van der Waals surface area contributed by atoms with Crippen molar-refractivity contribution in [1.29, 1.82) is 0 Å². The summed E-state index contributed by atoms with van der Waals surface area (Å²) in [4.78, 5) is 4.22. The number of nitrogens with zero attached hydrogens (tertiary/aromatic N) is 2. The quantitative estimate of drug-likeness (QED) is 0.821. The summed E-state index contributed by atoms with van der Waals surface area (Å²) in [5.74, 6) is 0.962. The Morgan fingerprint density at radius 1 is 1.33 bits per heavy atom. The number of imidazole rings is 1. The van der Waals surface area contributed by atoms with Crippen molar-refractivity contribution in [2.24, 2.45) is 0 Å². The molecule has 1 aliphatic rings. The zero-order chi connectivity index (χ0) is 12.5. The number of benzene rings is 1. The molecule has 0 aliphatic heterocycles. The summed E-state index contributed by atoms with van der Waals surface area (Å²) >= 11 is 0. The molecule has 0 N–H and O–H groups in total. The number of rotatable bonds is 4. The van der Waals surface area contributed by atoms with Crippen molar-refractivity contribution in [3.63, 3.8) is 0 Å². The van der Waals surface area contributed by atoms with E-state index in [1.165, 1.54) is 24.0 Å². The van der Waals surface area contributed by atoms with Crippen molar-refractivity contribution < 1.29 is 4.74 Å². The molecule has 0 radical (unpaired) electrons. The molecule has 2 aromatic rings. The Morgan fingerprint density at radius 3 is 2.89 bits per heavy atom. The molecule has 94 valence electrons. The van der Waals surface area contributed by atoms with Gasteiger partial charge in [-0.1, -0.05) is 17.7 Å². The van der Waals surface area contributed by atoms with Crippen LogP contribution in [0.4, 0.5) is 0 Å². The summed E-state index contributed by atoms with van der Waals surface area (Å²) in [6.45, 7) is 4.78. The van der Waals surface area contributed by atoms with Gasteiger partial charge in [-0.05, 0) is 38.3 Å². The molecule has 0 unspecified atom stereocenters. The van der Waals surface area contributed by atoms with E-state index in [1.807, 2.05) is 18.6 Å². The lowest BCUT2D eigenvalue weighted by Crippen LogP contribution is -2.04. The van der Waals surface area contributed by atoms with Crippen molar-refractivity contribution in [2.45, 2.75) is 39.3 Å². The van der Waals surface area contributed by atoms with Crippen LogP contribution in [0.2, 0.25) is 0 Å². The summed E-state index contributed by atoms with van der Waals surface area (Å²) in [6, 6.07) is 6.93. The lowest BCUT2D eigenvalue weighted by molar-refractivity contribution is 0.293. The molecule has 1 fully saturated rings. The molecule has 3 nitrogen and oxygen atoms in total. The van der Waals surface area contributed by atoms with Gasteiger partial charge in [-0.15, -0.1) is 0 Å². The average Bonchev–Trinajstić information content (AvgIpc) is 3.08. The lowest BCUT2D eigenvalue weighted by atomic mass is 10.1. The van der Waals surface area contributed by atoms with Gasteiger partial charge in [0.15, 0.2) is 0 Å². The molecule has 0 spiro atoms. The van der Waals surface area contributed by atoms with Crippen molar-refractivity contribution in [2.75, 3.05) is 0 Å². The zero-order valence-corrected chi connectivity index (χ0v) is 10.9. The molecular formula is C15H18N2O. The molecule has 1 saturated carbocycles. The molecule has 1 aliphatic carbocycles. The number of hydrogen-bond acceptors (Lipinski definition) is 2. The van der Waals surface area contributed by atoms with Gasteiger partial charge in [-0.25, -0.2) is 4.98 Å². The van der Waals surface area contributed by atoms with Crippen LogP contribution < -0.4 is 4.74 Å². The Kier molecular flexibility index (Phi) is 2.82. The molecule has 0 saturated heterocycles. The van der Waals surface area contributed by atoms with Gasteiger partial charge >= 0.3 is 0 Å². The van der Waals surface area contributed by atoms with Crippen LogP contribution in [-0.4, -0.2) is 9.55 Å². The Morgan fingerprint density at radius 2 is 2.17 bits per heavy atom. The first-order valence-electron chi connectivity index (χ1n) is 6.45. The standard InChI is InChI=1S/C15H18N2O/c1-11-3-6-15(12(2)7-11)18-9-14-8-16-10-17(14)13-4-5-13/h3,6-8,10,13H,4-5,9H2,1-2H3. The third-order valence-electron chi connectivity index (χ3n) is 3.39. The van der Waals surface area contributed by atoms with E-state index in [0.717, 1.165) is 11.4 Å². The summed E-state index contributed by atoms with van der Waals surface area (Å²) in [5, 5.41) is 0. The van der Waals surface area contributed by atoms with Gasteiger partial charge in [0.2, 0.25) is 0 Å². The number of aromatic nitrogens is 2. The zero-order valence-electron chi connectivity index (χ0n) is 10.9. The number of hydrogen-bond donors (Lipinski definition) is 0. The van der Waals surface area contributed by atoms with Gasteiger partial charge in [0.1, 0.15) is 12.4 Å². The van der Waals surface area contributed by atoms with Crippen molar-refractivity contribution in [1.82, 2.24) is 9.55 Å². The van der Waals surface area contributed by atoms with Crippen molar-refractivity contribution in [3.05, 3.63) is 47.5 Å². The second-order valence-electron chi connectivity index (χ2n) is 5.08. The maximum atomic E-state index is 5.89. The van der Waals surface area contributed by atoms with Gasteiger partial charge in [0.25, 0.3) is 0 Å². The van der Waals surface area contributed by atoms with E-state index in [9.17, 15) is 0 Å². The first kappa shape index (κ1) is 11.3. The SMILES string of the molecule is Cc1ccc(OCc2cncn2C2CC2)c(C)c1. The average molecular weight is 242 g/mol. The Labute approximate surface area is 107 Å². The maximum Gasteiger partial charge on any atom is 0.130 e. The number of aryl methyl sites for hydroxylation is 2. The van der Waals surface area contributed by atoms with Gasteiger partial charge in [-0.2, -0.15) is 0 Å². The van der Waals surface area contributed by atoms with Crippen LogP contribution in [0.25, 0.3) is 0 Å². The van der Waals surface area contributed by atoms with Crippen molar-refractivity contribution in [3.8, 4) is 5.75 Å². The summed E-state index contributed by atoms with van der Waals surface area (Å²) in [5.41, 5.74) is 3.62. The molecule has 3 rings (SSSR count). The van der Waals surface area contributed by atoms with E-state index in [-0.39, 0.29) is 0 Å². The van der Waals surface area contributed by atoms with Gasteiger partial charge < -0.3 is 9.30 Å². The van der Waals surface area contributed by atoms with E-state index in [4.69, 9.17) is 4.74 Å². The highest BCUT2D eigenvalue weighted by Crippen LogP contribution is 2.35. The molecule has 1 aromatic carbocycles. The predicted molar refractivity (Wildman–Crippen MR) is 70.7 cm³/mol. The second kappa shape index (κ2) is 4.48. The van der Waals surface area contributed by atoms with Gasteiger partial charge in [0.05, 0.1) is 18.2 Å². The Balaban J connectivity index is 1.71. The van der Waals surface area contributed by atoms with Crippen LogP contribution in [0.3, 0.4) is 0 Å². The first-order chi connectivity index (χ1) is 8.74. The molecular weight excluding hydrogens is 224 g/mol.